The van der Waals surface area contributed by atoms with Crippen LogP contribution in [0.4, 0.5) is 0 Å². The number of carbonyl (C=O) groups is 3. The van der Waals surface area contributed by atoms with Gasteiger partial charge >= 0.3 is 252 Å². The summed E-state index contributed by atoms with van der Waals surface area (Å²) in [5.41, 5.74) is 6.21. The fraction of sp³-hybridized carbons (Fsp3) is 0.286. The van der Waals surface area contributed by atoms with Crippen molar-refractivity contribution in [2.45, 2.75) is 56.1 Å². The molecular formula is C35H34O6Ti. The van der Waals surface area contributed by atoms with E-state index in [0.717, 1.165) is 44.1 Å². The molecule has 6 nitrogen and oxygen atoms in total. The molecule has 0 N–H and O–H groups in total. The monoisotopic (exact) mass is 598 g/mol. The first kappa shape index (κ1) is 28.4. The Morgan fingerprint density at radius 2 is 1.02 bits per heavy atom. The van der Waals surface area contributed by atoms with Gasteiger partial charge in [0.05, 0.1) is 0 Å². The topological polar surface area (TPSA) is 78.9 Å². The van der Waals surface area contributed by atoms with E-state index in [1.165, 1.54) is 16.7 Å². The zero-order valence-electron chi connectivity index (χ0n) is 23.7. The Labute approximate surface area is 251 Å². The molecule has 3 aromatic rings. The van der Waals surface area contributed by atoms with E-state index in [9.17, 15) is 14.4 Å². The van der Waals surface area contributed by atoms with Gasteiger partial charge in [-0.3, -0.25) is 0 Å². The number of hydrogen-bond donors (Lipinski definition) is 0. The molecule has 3 aliphatic carbocycles. The van der Waals surface area contributed by atoms with Crippen LogP contribution in [0.5, 0.6) is 0 Å². The molecule has 0 radical (unpaired) electrons. The van der Waals surface area contributed by atoms with Crippen molar-refractivity contribution in [1.29, 1.82) is 0 Å². The van der Waals surface area contributed by atoms with Gasteiger partial charge in [-0.05, 0) is 0 Å². The third-order valence-electron chi connectivity index (χ3n) is 8.67. The summed E-state index contributed by atoms with van der Waals surface area (Å²) in [6.07, 6.45) is 6.73. The van der Waals surface area contributed by atoms with Gasteiger partial charge in [0.1, 0.15) is 0 Å². The third kappa shape index (κ3) is 5.53. The molecule has 0 heterocycles. The number of allylic oxidation sites excluding steroid dienone is 4. The van der Waals surface area contributed by atoms with Crippen LogP contribution in [-0.2, 0) is 27.7 Å². The van der Waals surface area contributed by atoms with Crippen LogP contribution >= 0.6 is 0 Å². The van der Waals surface area contributed by atoms with Crippen molar-refractivity contribution in [2.24, 2.45) is 5.92 Å². The molecule has 0 aliphatic heterocycles. The summed E-state index contributed by atoms with van der Waals surface area (Å²) in [4.78, 5) is 41.3. The maximum atomic E-state index is 13.8. The van der Waals surface area contributed by atoms with Crippen molar-refractivity contribution in [3.05, 3.63) is 130 Å². The number of rotatable bonds is 7. The van der Waals surface area contributed by atoms with Gasteiger partial charge < -0.3 is 0 Å². The van der Waals surface area contributed by atoms with Crippen molar-refractivity contribution in [3.63, 3.8) is 0 Å². The van der Waals surface area contributed by atoms with Gasteiger partial charge in [-0.15, -0.1) is 0 Å². The molecule has 3 aromatic carbocycles. The quantitative estimate of drug-likeness (QED) is 0.255. The second kappa shape index (κ2) is 12.2. The minimum absolute atomic E-state index is 0.117. The van der Waals surface area contributed by atoms with E-state index in [2.05, 4.69) is 6.92 Å². The van der Waals surface area contributed by atoms with Crippen LogP contribution in [0.25, 0.3) is 0 Å². The van der Waals surface area contributed by atoms with Gasteiger partial charge in [0.15, 0.2) is 0 Å². The van der Waals surface area contributed by atoms with Gasteiger partial charge in [-0.2, -0.15) is 0 Å². The molecule has 2 unspecified atom stereocenters. The van der Waals surface area contributed by atoms with Crippen molar-refractivity contribution in [2.75, 3.05) is 0 Å². The number of fused-ring (bicyclic) bond motifs is 1. The second-order valence-corrected chi connectivity index (χ2v) is 15.1. The number of benzene rings is 3. The summed E-state index contributed by atoms with van der Waals surface area (Å²) in [6, 6.07) is 25.8. The second-order valence-electron chi connectivity index (χ2n) is 11.2. The van der Waals surface area contributed by atoms with Gasteiger partial charge in [0.2, 0.25) is 0 Å². The summed E-state index contributed by atoms with van der Waals surface area (Å²) < 4.78 is 18.6. The normalized spacial score (nSPS) is 19.9. The molecule has 6 rings (SSSR count). The molecule has 3 aliphatic rings. The Kier molecular flexibility index (Phi) is 8.28. The maximum absolute atomic E-state index is 13.8. The minimum atomic E-state index is -5.20. The van der Waals surface area contributed by atoms with Crippen LogP contribution < -0.4 is 0 Å². The average Bonchev–Trinajstić information content (AvgIpc) is 3.34. The Hall–Kier alpha value is -3.74. The first-order valence-electron chi connectivity index (χ1n) is 14.8. The zero-order chi connectivity index (χ0) is 29.1. The fourth-order valence-corrected chi connectivity index (χ4v) is 11.5. The van der Waals surface area contributed by atoms with E-state index in [1.807, 2.05) is 18.2 Å². The zero-order valence-corrected chi connectivity index (χ0v) is 25.3. The molecule has 0 amide bonds. The van der Waals surface area contributed by atoms with Gasteiger partial charge in [0.25, 0.3) is 0 Å². The predicted molar refractivity (Wildman–Crippen MR) is 155 cm³/mol. The van der Waals surface area contributed by atoms with Crippen molar-refractivity contribution in [3.8, 4) is 0 Å². The summed E-state index contributed by atoms with van der Waals surface area (Å²) in [7, 11) is 0. The molecule has 0 saturated carbocycles. The average molecular weight is 599 g/mol. The third-order valence-corrected chi connectivity index (χ3v) is 13.1. The van der Waals surface area contributed by atoms with Crippen LogP contribution in [0, 0.1) is 5.92 Å². The Morgan fingerprint density at radius 1 is 0.595 bits per heavy atom. The molecule has 0 bridgehead atoms. The van der Waals surface area contributed by atoms with E-state index >= 15 is 0 Å². The Morgan fingerprint density at radius 3 is 1.50 bits per heavy atom. The molecule has 0 spiro atoms. The predicted octanol–water partition coefficient (Wildman–Crippen LogP) is 8.25. The molecular weight excluding hydrogens is 564 g/mol. The summed E-state index contributed by atoms with van der Waals surface area (Å²) in [6.45, 7) is 2.20. The molecule has 0 saturated heterocycles. The first-order chi connectivity index (χ1) is 20.5. The Balaban J connectivity index is 1.49. The summed E-state index contributed by atoms with van der Waals surface area (Å²) in [5, 5.41) is 0. The standard InChI is InChI=1S/C14H19.3C7H6O2.Ti/c1-10-11-6-2-4-8-13(11)14-9-5-3-7-12(10)14;3*8-7(9)6-4-2-1-3-5-6;/h6,10H,2-5,7-9H2,1H3;3*1-5H,(H,8,9);/q;;;;+3/p-3. The Bertz CT molecular complexity index is 1410. The molecule has 214 valence electrons. The van der Waals surface area contributed by atoms with Crippen LogP contribution in [0.2, 0.25) is 4.22 Å². The molecule has 0 fully saturated rings. The van der Waals surface area contributed by atoms with E-state index in [-0.39, 0.29) is 5.92 Å². The van der Waals surface area contributed by atoms with Crippen molar-refractivity contribution in [1.82, 2.24) is 0 Å². The van der Waals surface area contributed by atoms with Crippen molar-refractivity contribution < 1.29 is 42.1 Å². The summed E-state index contributed by atoms with van der Waals surface area (Å²) >= 11 is -5.20. The summed E-state index contributed by atoms with van der Waals surface area (Å²) in [5.74, 6) is -1.86. The number of hydrogen-bond acceptors (Lipinski definition) is 6. The van der Waals surface area contributed by atoms with Crippen LogP contribution in [-0.4, -0.2) is 17.9 Å². The van der Waals surface area contributed by atoms with Gasteiger partial charge in [-0.1, -0.05) is 0 Å². The van der Waals surface area contributed by atoms with Crippen LogP contribution in [0.3, 0.4) is 0 Å². The van der Waals surface area contributed by atoms with Crippen LogP contribution in [0.15, 0.2) is 113 Å². The van der Waals surface area contributed by atoms with Crippen molar-refractivity contribution >= 4 is 17.9 Å². The SMILES string of the molecule is CC1C2=C(CCCC2)C2=C1[CH]([Ti]([O]C(=O)c1ccccc1)([O]C(=O)c1ccccc1)[O]C(=O)c1ccccc1)CCC2. The van der Waals surface area contributed by atoms with E-state index in [4.69, 9.17) is 9.96 Å². The van der Waals surface area contributed by atoms with Gasteiger partial charge in [0, 0.05) is 0 Å². The molecule has 7 heteroatoms. The van der Waals surface area contributed by atoms with E-state index in [0.29, 0.717) is 23.1 Å². The van der Waals surface area contributed by atoms with Gasteiger partial charge in [-0.25, -0.2) is 0 Å². The van der Waals surface area contributed by atoms with E-state index in [1.54, 1.807) is 72.8 Å². The molecule has 42 heavy (non-hydrogen) atoms. The fourth-order valence-electron chi connectivity index (χ4n) is 6.75. The first-order valence-corrected chi connectivity index (χ1v) is 17.6. The van der Waals surface area contributed by atoms with Crippen LogP contribution in [0.1, 0.15) is 82.9 Å². The number of carbonyl (C=O) groups excluding carboxylic acids is 3. The molecule has 2 atom stereocenters. The molecule has 0 aromatic heterocycles. The van der Waals surface area contributed by atoms with E-state index < -0.39 is 39.9 Å².